The molecule has 0 saturated heterocycles. The zero-order chi connectivity index (χ0) is 13.0. The molecule has 0 radical (unpaired) electrons. The van der Waals surface area contributed by atoms with E-state index in [1.54, 1.807) is 0 Å². The monoisotopic (exact) mass is 249 g/mol. The number of nitrogens with one attached hydrogen (secondary N) is 1. The predicted molar refractivity (Wildman–Crippen MR) is 75.4 cm³/mol. The lowest BCUT2D eigenvalue weighted by molar-refractivity contribution is 0.130. The van der Waals surface area contributed by atoms with Crippen LogP contribution in [0.3, 0.4) is 0 Å². The summed E-state index contributed by atoms with van der Waals surface area (Å²) < 4.78 is 2.00. The van der Waals surface area contributed by atoms with Gasteiger partial charge in [-0.25, -0.2) is 0 Å². The van der Waals surface area contributed by atoms with Gasteiger partial charge in [-0.3, -0.25) is 4.68 Å². The summed E-state index contributed by atoms with van der Waals surface area (Å²) in [5.41, 5.74) is 0.420. The van der Waals surface area contributed by atoms with E-state index in [2.05, 4.69) is 31.2 Å². The highest BCUT2D eigenvalue weighted by molar-refractivity contribution is 4.88. The van der Waals surface area contributed by atoms with Gasteiger partial charge in [-0.2, -0.15) is 5.10 Å². The van der Waals surface area contributed by atoms with Crippen LogP contribution in [-0.4, -0.2) is 22.4 Å². The van der Waals surface area contributed by atoms with Crippen molar-refractivity contribution in [3.63, 3.8) is 0 Å². The zero-order valence-corrected chi connectivity index (χ0v) is 12.0. The SMILES string of the molecule is CC(C)(C)[C@@H]1CCCC[C@H]1NCCn1cccn1. The number of rotatable bonds is 4. The Kier molecular flexibility index (Phi) is 4.44. The molecule has 3 nitrogen and oxygen atoms in total. The van der Waals surface area contributed by atoms with Gasteiger partial charge in [0.25, 0.3) is 0 Å². The van der Waals surface area contributed by atoms with Crippen molar-refractivity contribution in [2.45, 2.75) is 59.0 Å². The Hall–Kier alpha value is -0.830. The lowest BCUT2D eigenvalue weighted by atomic mass is 9.69. The topological polar surface area (TPSA) is 29.9 Å². The maximum atomic E-state index is 4.24. The van der Waals surface area contributed by atoms with E-state index in [1.807, 2.05) is 23.1 Å². The Morgan fingerprint density at radius 3 is 2.72 bits per heavy atom. The number of nitrogens with zero attached hydrogens (tertiary/aromatic N) is 2. The molecule has 1 fully saturated rings. The first-order valence-corrected chi connectivity index (χ1v) is 7.28. The summed E-state index contributed by atoms with van der Waals surface area (Å²) in [4.78, 5) is 0. The molecule has 0 amide bonds. The second-order valence-electron chi connectivity index (χ2n) is 6.59. The predicted octanol–water partition coefficient (Wildman–Crippen LogP) is 3.08. The fourth-order valence-electron chi connectivity index (χ4n) is 3.21. The zero-order valence-electron chi connectivity index (χ0n) is 12.0. The van der Waals surface area contributed by atoms with Crippen LogP contribution in [0, 0.1) is 11.3 Å². The van der Waals surface area contributed by atoms with Crippen LogP contribution in [0.25, 0.3) is 0 Å². The summed E-state index contributed by atoms with van der Waals surface area (Å²) in [5.74, 6) is 0.809. The third-order valence-electron chi connectivity index (χ3n) is 4.18. The van der Waals surface area contributed by atoms with E-state index in [0.717, 1.165) is 19.0 Å². The van der Waals surface area contributed by atoms with Gasteiger partial charge in [0, 0.05) is 25.0 Å². The van der Waals surface area contributed by atoms with Crippen LogP contribution in [0.2, 0.25) is 0 Å². The second-order valence-corrected chi connectivity index (χ2v) is 6.59. The van der Waals surface area contributed by atoms with Crippen LogP contribution >= 0.6 is 0 Å². The molecule has 0 aliphatic heterocycles. The van der Waals surface area contributed by atoms with Gasteiger partial charge in [0.1, 0.15) is 0 Å². The van der Waals surface area contributed by atoms with Gasteiger partial charge in [0.2, 0.25) is 0 Å². The highest BCUT2D eigenvalue weighted by Crippen LogP contribution is 2.37. The summed E-state index contributed by atoms with van der Waals surface area (Å²) in [6.07, 6.45) is 9.37. The third-order valence-corrected chi connectivity index (χ3v) is 4.18. The van der Waals surface area contributed by atoms with Gasteiger partial charge in [0.05, 0.1) is 6.54 Å². The summed E-state index contributed by atoms with van der Waals surface area (Å²) in [6, 6.07) is 2.67. The fraction of sp³-hybridized carbons (Fsp3) is 0.800. The molecule has 1 N–H and O–H groups in total. The first kappa shape index (κ1) is 13.6. The van der Waals surface area contributed by atoms with E-state index in [0.29, 0.717) is 11.5 Å². The van der Waals surface area contributed by atoms with Crippen LogP contribution in [-0.2, 0) is 6.54 Å². The van der Waals surface area contributed by atoms with Crippen molar-refractivity contribution in [2.75, 3.05) is 6.54 Å². The molecular formula is C15H27N3. The fourth-order valence-corrected chi connectivity index (χ4v) is 3.21. The molecule has 1 aliphatic carbocycles. The molecule has 1 heterocycles. The summed E-state index contributed by atoms with van der Waals surface area (Å²) in [6.45, 7) is 9.14. The lowest BCUT2D eigenvalue weighted by Gasteiger charge is -2.41. The Bertz CT molecular complexity index is 337. The molecule has 0 unspecified atom stereocenters. The first-order valence-electron chi connectivity index (χ1n) is 7.28. The molecule has 1 aliphatic rings. The van der Waals surface area contributed by atoms with E-state index in [1.165, 1.54) is 25.7 Å². The van der Waals surface area contributed by atoms with Crippen LogP contribution in [0.15, 0.2) is 18.5 Å². The molecule has 2 atom stereocenters. The molecule has 102 valence electrons. The molecule has 0 bridgehead atoms. The Labute approximate surface area is 111 Å². The van der Waals surface area contributed by atoms with Crippen molar-refractivity contribution in [2.24, 2.45) is 11.3 Å². The average molecular weight is 249 g/mol. The van der Waals surface area contributed by atoms with Crippen LogP contribution in [0.4, 0.5) is 0 Å². The minimum atomic E-state index is 0.420. The summed E-state index contributed by atoms with van der Waals surface area (Å²) >= 11 is 0. The van der Waals surface area contributed by atoms with Gasteiger partial charge < -0.3 is 5.32 Å². The largest absolute Gasteiger partial charge is 0.312 e. The molecule has 0 spiro atoms. The summed E-state index contributed by atoms with van der Waals surface area (Å²) in [5, 5.41) is 8.00. The number of aromatic nitrogens is 2. The van der Waals surface area contributed by atoms with E-state index < -0.39 is 0 Å². The highest BCUT2D eigenvalue weighted by Gasteiger charge is 2.33. The normalized spacial score (nSPS) is 25.3. The van der Waals surface area contributed by atoms with Crippen molar-refractivity contribution in [1.29, 1.82) is 0 Å². The number of hydrogen-bond acceptors (Lipinski definition) is 2. The maximum absolute atomic E-state index is 4.24. The van der Waals surface area contributed by atoms with E-state index in [9.17, 15) is 0 Å². The second kappa shape index (κ2) is 5.87. The van der Waals surface area contributed by atoms with E-state index in [-0.39, 0.29) is 0 Å². The molecule has 1 aromatic rings. The van der Waals surface area contributed by atoms with Gasteiger partial charge in [-0.05, 0) is 30.2 Å². The minimum absolute atomic E-state index is 0.420. The van der Waals surface area contributed by atoms with E-state index >= 15 is 0 Å². The van der Waals surface area contributed by atoms with Crippen molar-refractivity contribution in [3.05, 3.63) is 18.5 Å². The third kappa shape index (κ3) is 3.58. The molecule has 3 heteroatoms. The average Bonchev–Trinajstić information content (AvgIpc) is 2.81. The molecule has 2 rings (SSSR count). The van der Waals surface area contributed by atoms with Gasteiger partial charge in [0.15, 0.2) is 0 Å². The Morgan fingerprint density at radius 1 is 1.28 bits per heavy atom. The van der Waals surface area contributed by atoms with Crippen LogP contribution in [0.1, 0.15) is 46.5 Å². The first-order chi connectivity index (χ1) is 8.57. The van der Waals surface area contributed by atoms with Crippen molar-refractivity contribution >= 4 is 0 Å². The molecule has 1 aromatic heterocycles. The lowest BCUT2D eigenvalue weighted by Crippen LogP contribution is -2.45. The van der Waals surface area contributed by atoms with E-state index in [4.69, 9.17) is 0 Å². The highest BCUT2D eigenvalue weighted by atomic mass is 15.3. The van der Waals surface area contributed by atoms with Gasteiger partial charge in [-0.1, -0.05) is 33.6 Å². The maximum Gasteiger partial charge on any atom is 0.0534 e. The summed E-state index contributed by atoms with van der Waals surface area (Å²) in [7, 11) is 0. The smallest absolute Gasteiger partial charge is 0.0534 e. The number of hydrogen-bond donors (Lipinski definition) is 1. The van der Waals surface area contributed by atoms with Crippen LogP contribution in [0.5, 0.6) is 0 Å². The quantitative estimate of drug-likeness (QED) is 0.888. The molecule has 0 aromatic carbocycles. The van der Waals surface area contributed by atoms with Crippen molar-refractivity contribution in [3.8, 4) is 0 Å². The van der Waals surface area contributed by atoms with Crippen LogP contribution < -0.4 is 5.32 Å². The van der Waals surface area contributed by atoms with Gasteiger partial charge >= 0.3 is 0 Å². The molecule has 1 saturated carbocycles. The molecule has 18 heavy (non-hydrogen) atoms. The Morgan fingerprint density at radius 2 is 2.06 bits per heavy atom. The van der Waals surface area contributed by atoms with Gasteiger partial charge in [-0.15, -0.1) is 0 Å². The Balaban J connectivity index is 1.82. The molecular weight excluding hydrogens is 222 g/mol. The minimum Gasteiger partial charge on any atom is -0.312 e. The van der Waals surface area contributed by atoms with Crippen molar-refractivity contribution in [1.82, 2.24) is 15.1 Å². The standard InChI is InChI=1S/C15H27N3/c1-15(2,3)13-7-4-5-8-14(13)16-10-12-18-11-6-9-17-18/h6,9,11,13-14,16H,4-5,7-8,10,12H2,1-3H3/t13-,14-/m1/s1. The van der Waals surface area contributed by atoms with Crippen molar-refractivity contribution < 1.29 is 0 Å².